The highest BCUT2D eigenvalue weighted by Gasteiger charge is 2.50. The summed E-state index contributed by atoms with van der Waals surface area (Å²) in [7, 11) is 1.55. The van der Waals surface area contributed by atoms with E-state index >= 15 is 0 Å². The van der Waals surface area contributed by atoms with Gasteiger partial charge in [0.05, 0.1) is 47.7 Å². The number of phenols is 2. The number of nitrogens with one attached hydrogen (secondary N) is 1. The largest absolute Gasteiger partial charge is 0.507 e. The fourth-order valence-electron chi connectivity index (χ4n) is 7.65. The van der Waals surface area contributed by atoms with Crippen molar-refractivity contribution >= 4 is 23.0 Å². The fourth-order valence-corrected chi connectivity index (χ4v) is 7.65. The van der Waals surface area contributed by atoms with Crippen LogP contribution in [0.25, 0.3) is 0 Å². The third kappa shape index (κ3) is 5.59. The number of fused-ring (bicyclic) bond motifs is 3. The van der Waals surface area contributed by atoms with Gasteiger partial charge < -0.3 is 50.4 Å². The number of ether oxygens (including phenoxy) is 4. The molecule has 0 radical (unpaired) electrons. The Morgan fingerprint density at radius 3 is 2.56 bits per heavy atom. The molecule has 0 bridgehead atoms. The van der Waals surface area contributed by atoms with Crippen LogP contribution in [0.5, 0.6) is 11.5 Å². The van der Waals surface area contributed by atoms with Crippen molar-refractivity contribution in [2.24, 2.45) is 5.73 Å². The molecule has 48 heavy (non-hydrogen) atoms. The third-order valence-corrected chi connectivity index (χ3v) is 10.2. The molecule has 6 rings (SSSR count). The number of Topliss-reactive ketones (excluding diaryl/α,β-unsaturated/α-hetero) is 1. The van der Waals surface area contributed by atoms with Crippen LogP contribution in [-0.2, 0) is 30.2 Å². The molecule has 2 aliphatic heterocycles. The molecule has 0 unspecified atom stereocenters. The number of aromatic hydroxyl groups is 2. The van der Waals surface area contributed by atoms with Crippen LogP contribution in [0.1, 0.15) is 82.7 Å². The molecule has 2 fully saturated rings. The number of benzene rings is 2. The van der Waals surface area contributed by atoms with Crippen molar-refractivity contribution in [3.63, 3.8) is 0 Å². The number of phenolic OH excluding ortho intramolecular Hbond substituents is 2. The van der Waals surface area contributed by atoms with Gasteiger partial charge in [-0.2, -0.15) is 0 Å². The molecule has 4 aliphatic rings. The van der Waals surface area contributed by atoms with Crippen LogP contribution in [0.15, 0.2) is 18.2 Å². The van der Waals surface area contributed by atoms with Crippen LogP contribution in [0.2, 0.25) is 0 Å². The number of aliphatic hydroxyl groups is 2. The van der Waals surface area contributed by atoms with Crippen molar-refractivity contribution in [3.05, 3.63) is 51.6 Å². The quantitative estimate of drug-likeness (QED) is 0.186. The van der Waals surface area contributed by atoms with Crippen molar-refractivity contribution in [1.82, 2.24) is 4.90 Å². The van der Waals surface area contributed by atoms with Gasteiger partial charge >= 0.3 is 0 Å². The maximum atomic E-state index is 14.1. The monoisotopic (exact) mass is 669 g/mol. The lowest BCUT2D eigenvalue weighted by atomic mass is 9.72. The van der Waals surface area contributed by atoms with Crippen LogP contribution >= 0.6 is 0 Å². The number of carbonyl (C=O) groups excluding carboxylic acids is 3. The predicted octanol–water partition coefficient (Wildman–Crippen LogP) is 1.13. The second-order valence-corrected chi connectivity index (χ2v) is 13.1. The number of ketones is 3. The number of nitrogens with zero attached hydrogens (tertiary/aromatic N) is 1. The lowest BCUT2D eigenvalue weighted by Gasteiger charge is -2.49. The average molecular weight is 670 g/mol. The zero-order valence-electron chi connectivity index (χ0n) is 27.4. The lowest BCUT2D eigenvalue weighted by molar-refractivity contribution is -0.273. The number of nitrogens with two attached hydrogens (primary N) is 1. The molecule has 0 saturated carbocycles. The van der Waals surface area contributed by atoms with Crippen LogP contribution in [-0.4, -0.2) is 118 Å². The summed E-state index contributed by atoms with van der Waals surface area (Å²) in [5.41, 5.74) is 3.12. The number of morpholine rings is 1. The number of hydrogen-bond donors (Lipinski definition) is 6. The Balaban J connectivity index is 1.41. The zero-order valence-corrected chi connectivity index (χ0v) is 27.4. The molecule has 2 aromatic carbocycles. The summed E-state index contributed by atoms with van der Waals surface area (Å²) >= 11 is 0. The standard InChI is InChI=1S/C34H43N3O11/c1-15-33(45-4)46-11-10-37(15)21-12-23(47-16(2)28(21)39)48-22-14-34(44,17(3)38)13-19-25(22)32(43)27-26(30(19)41)29(40)18-6-5-7-20(36-9-8-35)24(18)31(27)42/h5-7,15-16,21-23,28,33,36,39,41,43-44H,8-14,35H2,1-4H3/t15-,16+,21+,22+,23+,28-,33+,34+/m1/s1. The van der Waals surface area contributed by atoms with Crippen LogP contribution in [0, 0.1) is 0 Å². The molecule has 0 amide bonds. The molecule has 2 aromatic rings. The maximum Gasteiger partial charge on any atom is 0.200 e. The first kappa shape index (κ1) is 34.4. The van der Waals surface area contributed by atoms with Gasteiger partial charge in [-0.05, 0) is 26.8 Å². The summed E-state index contributed by atoms with van der Waals surface area (Å²) in [5, 5.41) is 49.3. The molecule has 14 nitrogen and oxygen atoms in total. The molecular weight excluding hydrogens is 626 g/mol. The van der Waals surface area contributed by atoms with Gasteiger partial charge in [0.15, 0.2) is 29.9 Å². The average Bonchev–Trinajstić information content (AvgIpc) is 3.05. The van der Waals surface area contributed by atoms with Gasteiger partial charge in [-0.25, -0.2) is 0 Å². The molecule has 0 spiro atoms. The topological polar surface area (TPSA) is 210 Å². The molecule has 2 saturated heterocycles. The van der Waals surface area contributed by atoms with Gasteiger partial charge in [0, 0.05) is 74.4 Å². The van der Waals surface area contributed by atoms with E-state index in [4.69, 9.17) is 24.7 Å². The van der Waals surface area contributed by atoms with Gasteiger partial charge in [-0.3, -0.25) is 19.3 Å². The molecule has 0 aromatic heterocycles. The van der Waals surface area contributed by atoms with E-state index in [9.17, 15) is 34.8 Å². The molecule has 14 heteroatoms. The molecule has 2 heterocycles. The summed E-state index contributed by atoms with van der Waals surface area (Å²) < 4.78 is 23.7. The first-order valence-corrected chi connectivity index (χ1v) is 16.2. The Labute approximate surface area is 277 Å². The van der Waals surface area contributed by atoms with Crippen LogP contribution in [0.4, 0.5) is 5.69 Å². The second kappa shape index (κ2) is 13.1. The van der Waals surface area contributed by atoms with Crippen molar-refractivity contribution in [2.75, 3.05) is 38.7 Å². The third-order valence-electron chi connectivity index (χ3n) is 10.2. The number of hydrogen-bond acceptors (Lipinski definition) is 14. The summed E-state index contributed by atoms with van der Waals surface area (Å²) in [6.45, 7) is 6.30. The minimum absolute atomic E-state index is 0.0210. The molecule has 7 N–H and O–H groups in total. The van der Waals surface area contributed by atoms with E-state index in [1.54, 1.807) is 26.2 Å². The summed E-state index contributed by atoms with van der Waals surface area (Å²) in [4.78, 5) is 42.8. The van der Waals surface area contributed by atoms with Crippen molar-refractivity contribution < 1.29 is 53.8 Å². The summed E-state index contributed by atoms with van der Waals surface area (Å²) in [6, 6.07) is 4.00. The van der Waals surface area contributed by atoms with E-state index < -0.39 is 88.9 Å². The van der Waals surface area contributed by atoms with Gasteiger partial charge in [0.2, 0.25) is 0 Å². The highest BCUT2D eigenvalue weighted by molar-refractivity contribution is 6.32. The van der Waals surface area contributed by atoms with E-state index in [-0.39, 0.29) is 47.7 Å². The van der Waals surface area contributed by atoms with Crippen molar-refractivity contribution in [3.8, 4) is 11.5 Å². The lowest BCUT2D eigenvalue weighted by Crippen LogP contribution is -2.62. The van der Waals surface area contributed by atoms with E-state index in [0.29, 0.717) is 25.4 Å². The summed E-state index contributed by atoms with van der Waals surface area (Å²) in [5.74, 6) is -3.21. The number of rotatable bonds is 8. The molecule has 260 valence electrons. The number of aliphatic hydroxyl groups excluding tert-OH is 1. The van der Waals surface area contributed by atoms with Gasteiger partial charge in [-0.15, -0.1) is 0 Å². The SMILES string of the molecule is CO[C@H]1OCCN([C@H]2C[C@H](O[C@H]3C[C@](O)(C(C)=O)Cc4c(O)c5c(c(O)c43)C(=O)c3c(NCCN)cccc3C5=O)O[C@@H](C)[C@H]2O)[C@@H]1C. The molecule has 2 aliphatic carbocycles. The van der Waals surface area contributed by atoms with E-state index in [1.807, 2.05) is 6.92 Å². The second-order valence-electron chi connectivity index (χ2n) is 13.1. The van der Waals surface area contributed by atoms with E-state index in [2.05, 4.69) is 10.2 Å². The summed E-state index contributed by atoms with van der Waals surface area (Å²) in [6.07, 6.45) is -4.95. The Bertz CT molecular complexity index is 1630. The number of methoxy groups -OCH3 is 1. The molecular formula is C34H43N3O11. The maximum absolute atomic E-state index is 14.1. The first-order valence-electron chi connectivity index (χ1n) is 16.2. The minimum Gasteiger partial charge on any atom is -0.507 e. The highest BCUT2D eigenvalue weighted by atomic mass is 16.7. The normalized spacial score (nSPS) is 31.9. The van der Waals surface area contributed by atoms with Crippen molar-refractivity contribution in [1.29, 1.82) is 0 Å². The Morgan fingerprint density at radius 2 is 1.88 bits per heavy atom. The van der Waals surface area contributed by atoms with Gasteiger partial charge in [0.25, 0.3) is 0 Å². The van der Waals surface area contributed by atoms with E-state index in [0.717, 1.165) is 0 Å². The minimum atomic E-state index is -2.03. The Kier molecular flexibility index (Phi) is 9.39. The number of anilines is 1. The smallest absolute Gasteiger partial charge is 0.200 e. The van der Waals surface area contributed by atoms with Crippen molar-refractivity contribution in [2.45, 2.75) is 88.6 Å². The first-order chi connectivity index (χ1) is 22.8. The van der Waals surface area contributed by atoms with E-state index in [1.165, 1.54) is 13.0 Å². The Morgan fingerprint density at radius 1 is 1.15 bits per heavy atom. The predicted molar refractivity (Wildman–Crippen MR) is 170 cm³/mol. The van der Waals surface area contributed by atoms with Gasteiger partial charge in [0.1, 0.15) is 17.1 Å². The van der Waals surface area contributed by atoms with Crippen LogP contribution in [0.3, 0.4) is 0 Å². The number of carbonyl (C=O) groups is 3. The van der Waals surface area contributed by atoms with Crippen LogP contribution < -0.4 is 11.1 Å². The van der Waals surface area contributed by atoms with Gasteiger partial charge in [-0.1, -0.05) is 12.1 Å². The zero-order chi connectivity index (χ0) is 34.7. The fraction of sp³-hybridized carbons (Fsp3) is 0.559. The Hall–Kier alpha value is -3.47. The molecule has 8 atom stereocenters. The highest BCUT2D eigenvalue weighted by Crippen LogP contribution is 2.52.